The lowest BCUT2D eigenvalue weighted by Gasteiger charge is -2.07. The molecule has 0 aliphatic rings. The number of ether oxygens (including phenoxy) is 1. The zero-order valence-electron chi connectivity index (χ0n) is 13.1. The van der Waals surface area contributed by atoms with Gasteiger partial charge in [-0.3, -0.25) is 4.79 Å². The molecular formula is C18H13BrCl2N2O2. The first-order valence-corrected chi connectivity index (χ1v) is 8.79. The second-order valence-corrected chi connectivity index (χ2v) is 6.64. The molecule has 7 heteroatoms. The van der Waals surface area contributed by atoms with Crippen LogP contribution in [0.3, 0.4) is 0 Å². The van der Waals surface area contributed by atoms with Gasteiger partial charge in [-0.05, 0) is 55.0 Å². The van der Waals surface area contributed by atoms with Crippen molar-refractivity contribution in [3.8, 4) is 11.8 Å². The van der Waals surface area contributed by atoms with E-state index in [-0.39, 0.29) is 5.57 Å². The Morgan fingerprint density at radius 2 is 2.04 bits per heavy atom. The van der Waals surface area contributed by atoms with E-state index in [9.17, 15) is 10.1 Å². The molecule has 128 valence electrons. The summed E-state index contributed by atoms with van der Waals surface area (Å²) in [6, 6.07) is 11.9. The number of carbonyl (C=O) groups excluding carboxylic acids is 1. The van der Waals surface area contributed by atoms with Crippen LogP contribution in [0.25, 0.3) is 6.08 Å². The van der Waals surface area contributed by atoms with Gasteiger partial charge in [0, 0.05) is 10.2 Å². The Kier molecular flexibility index (Phi) is 6.89. The largest absolute Gasteiger partial charge is 0.494 e. The molecule has 0 saturated carbocycles. The summed E-state index contributed by atoms with van der Waals surface area (Å²) in [5.41, 5.74) is 1.06. The summed E-state index contributed by atoms with van der Waals surface area (Å²) in [6.07, 6.45) is 1.49. The lowest BCUT2D eigenvalue weighted by molar-refractivity contribution is -0.112. The first-order chi connectivity index (χ1) is 11.9. The highest BCUT2D eigenvalue weighted by atomic mass is 79.9. The number of hydrogen-bond acceptors (Lipinski definition) is 3. The normalized spacial score (nSPS) is 10.9. The highest BCUT2D eigenvalue weighted by Gasteiger charge is 2.11. The predicted molar refractivity (Wildman–Crippen MR) is 104 cm³/mol. The number of halogens is 3. The van der Waals surface area contributed by atoms with Crippen molar-refractivity contribution in [2.75, 3.05) is 11.9 Å². The van der Waals surface area contributed by atoms with E-state index in [0.717, 1.165) is 4.47 Å². The molecule has 0 radical (unpaired) electrons. The topological polar surface area (TPSA) is 62.1 Å². The second-order valence-electron chi connectivity index (χ2n) is 4.91. The Bertz CT molecular complexity index is 876. The molecular weight excluding hydrogens is 427 g/mol. The van der Waals surface area contributed by atoms with Crippen molar-refractivity contribution in [3.05, 3.63) is 62.1 Å². The SMILES string of the molecule is CCOc1cc(Br)cc(/C=C(\C#N)C(=O)Nc2ccc(Cl)c(Cl)c2)c1. The number of hydrogen-bond donors (Lipinski definition) is 1. The summed E-state index contributed by atoms with van der Waals surface area (Å²) < 4.78 is 6.24. The zero-order chi connectivity index (χ0) is 18.4. The number of amides is 1. The van der Waals surface area contributed by atoms with Crippen molar-refractivity contribution in [2.45, 2.75) is 6.92 Å². The molecule has 2 rings (SSSR count). The van der Waals surface area contributed by atoms with E-state index in [1.54, 1.807) is 24.3 Å². The van der Waals surface area contributed by atoms with Gasteiger partial charge in [0.15, 0.2) is 0 Å². The van der Waals surface area contributed by atoms with Crippen LogP contribution in [0.4, 0.5) is 5.69 Å². The minimum Gasteiger partial charge on any atom is -0.494 e. The van der Waals surface area contributed by atoms with Gasteiger partial charge in [0.05, 0.1) is 16.7 Å². The fraction of sp³-hybridized carbons (Fsp3) is 0.111. The minimum absolute atomic E-state index is 0.0494. The molecule has 0 aromatic heterocycles. The van der Waals surface area contributed by atoms with Crippen molar-refractivity contribution in [2.24, 2.45) is 0 Å². The molecule has 2 aromatic rings. The van der Waals surface area contributed by atoms with Crippen molar-refractivity contribution in [3.63, 3.8) is 0 Å². The molecule has 0 fully saturated rings. The molecule has 1 N–H and O–H groups in total. The Labute approximate surface area is 164 Å². The van der Waals surface area contributed by atoms with Gasteiger partial charge in [-0.2, -0.15) is 5.26 Å². The molecule has 0 bridgehead atoms. The number of nitrogens with one attached hydrogen (secondary N) is 1. The summed E-state index contributed by atoms with van der Waals surface area (Å²) in [6.45, 7) is 2.39. The van der Waals surface area contributed by atoms with Crippen molar-refractivity contribution >= 4 is 56.8 Å². The molecule has 0 heterocycles. The molecule has 0 aliphatic carbocycles. The molecule has 0 spiro atoms. The van der Waals surface area contributed by atoms with Crippen LogP contribution in [-0.4, -0.2) is 12.5 Å². The van der Waals surface area contributed by atoms with E-state index >= 15 is 0 Å². The summed E-state index contributed by atoms with van der Waals surface area (Å²) in [5.74, 6) is 0.101. The summed E-state index contributed by atoms with van der Waals surface area (Å²) in [5, 5.41) is 12.6. The standard InChI is InChI=1S/C18H13BrCl2N2O2/c1-2-25-15-7-11(6-13(19)8-15)5-12(10-22)18(24)23-14-3-4-16(20)17(21)9-14/h3-9H,2H2,1H3,(H,23,24)/b12-5+. The average molecular weight is 440 g/mol. The molecule has 4 nitrogen and oxygen atoms in total. The highest BCUT2D eigenvalue weighted by Crippen LogP contribution is 2.26. The van der Waals surface area contributed by atoms with Crippen molar-refractivity contribution < 1.29 is 9.53 Å². The maximum Gasteiger partial charge on any atom is 0.266 e. The number of anilines is 1. The summed E-state index contributed by atoms with van der Waals surface area (Å²) in [4.78, 5) is 12.3. The van der Waals surface area contributed by atoms with Crippen LogP contribution in [0.15, 0.2) is 46.4 Å². The summed E-state index contributed by atoms with van der Waals surface area (Å²) >= 11 is 15.1. The summed E-state index contributed by atoms with van der Waals surface area (Å²) in [7, 11) is 0. The van der Waals surface area contributed by atoms with Crippen molar-refractivity contribution in [1.29, 1.82) is 5.26 Å². The Hall–Kier alpha value is -2.00. The van der Waals surface area contributed by atoms with Crippen LogP contribution < -0.4 is 10.1 Å². The number of nitrogens with zero attached hydrogens (tertiary/aromatic N) is 1. The zero-order valence-corrected chi connectivity index (χ0v) is 16.2. The lowest BCUT2D eigenvalue weighted by atomic mass is 10.1. The molecule has 0 unspecified atom stereocenters. The average Bonchev–Trinajstić information content (AvgIpc) is 2.55. The number of carbonyl (C=O) groups is 1. The minimum atomic E-state index is -0.543. The first-order valence-electron chi connectivity index (χ1n) is 7.24. The van der Waals surface area contributed by atoms with Crippen LogP contribution in [-0.2, 0) is 4.79 Å². The van der Waals surface area contributed by atoms with Crippen LogP contribution in [0, 0.1) is 11.3 Å². The van der Waals surface area contributed by atoms with Gasteiger partial charge >= 0.3 is 0 Å². The van der Waals surface area contributed by atoms with E-state index < -0.39 is 5.91 Å². The molecule has 0 saturated heterocycles. The lowest BCUT2D eigenvalue weighted by Crippen LogP contribution is -2.13. The molecule has 1 amide bonds. The molecule has 2 aromatic carbocycles. The van der Waals surface area contributed by atoms with Gasteiger partial charge in [-0.1, -0.05) is 39.1 Å². The Balaban J connectivity index is 2.26. The third-order valence-corrected chi connectivity index (χ3v) is 4.26. The Morgan fingerprint density at radius 3 is 2.68 bits per heavy atom. The number of rotatable bonds is 5. The van der Waals surface area contributed by atoms with E-state index in [4.69, 9.17) is 27.9 Å². The van der Waals surface area contributed by atoms with Crippen LogP contribution in [0.1, 0.15) is 12.5 Å². The van der Waals surface area contributed by atoms with E-state index in [1.807, 2.05) is 19.1 Å². The predicted octanol–water partition coefficient (Wildman–Crippen LogP) is 5.70. The van der Waals surface area contributed by atoms with E-state index in [2.05, 4.69) is 21.2 Å². The molecule has 0 aliphatic heterocycles. The van der Waals surface area contributed by atoms with Gasteiger partial charge < -0.3 is 10.1 Å². The van der Waals surface area contributed by atoms with Crippen LogP contribution >= 0.6 is 39.1 Å². The first kappa shape index (κ1) is 19.3. The third kappa shape index (κ3) is 5.50. The van der Waals surface area contributed by atoms with E-state index in [0.29, 0.717) is 33.7 Å². The third-order valence-electron chi connectivity index (χ3n) is 3.06. The number of nitriles is 1. The van der Waals surface area contributed by atoms with Crippen LogP contribution in [0.5, 0.6) is 5.75 Å². The maximum absolute atomic E-state index is 12.3. The van der Waals surface area contributed by atoms with Gasteiger partial charge in [-0.15, -0.1) is 0 Å². The van der Waals surface area contributed by atoms with Crippen molar-refractivity contribution in [1.82, 2.24) is 0 Å². The van der Waals surface area contributed by atoms with E-state index in [1.165, 1.54) is 12.1 Å². The van der Waals surface area contributed by atoms with Crippen LogP contribution in [0.2, 0.25) is 10.0 Å². The Morgan fingerprint density at radius 1 is 1.28 bits per heavy atom. The van der Waals surface area contributed by atoms with Gasteiger partial charge in [0.1, 0.15) is 17.4 Å². The monoisotopic (exact) mass is 438 g/mol. The highest BCUT2D eigenvalue weighted by molar-refractivity contribution is 9.10. The second kappa shape index (κ2) is 8.91. The van der Waals surface area contributed by atoms with Gasteiger partial charge in [-0.25, -0.2) is 0 Å². The fourth-order valence-corrected chi connectivity index (χ4v) is 2.79. The molecule has 25 heavy (non-hydrogen) atoms. The smallest absolute Gasteiger partial charge is 0.266 e. The van der Waals surface area contributed by atoms with Gasteiger partial charge in [0.2, 0.25) is 0 Å². The quantitative estimate of drug-likeness (QED) is 0.480. The fourth-order valence-electron chi connectivity index (χ4n) is 2.01. The maximum atomic E-state index is 12.3. The molecule has 0 atom stereocenters. The van der Waals surface area contributed by atoms with Gasteiger partial charge in [0.25, 0.3) is 5.91 Å². The number of benzene rings is 2.